The Balaban J connectivity index is 2.26. The Morgan fingerprint density at radius 1 is 0.885 bits per heavy atom. The van der Waals surface area contributed by atoms with Crippen LogP contribution in [0.4, 0.5) is 0 Å². The molecule has 0 fully saturated rings. The van der Waals surface area contributed by atoms with Gasteiger partial charge in [-0.2, -0.15) is 0 Å². The molecule has 0 aliphatic carbocycles. The Hall–Kier alpha value is -0.580. The number of unbranched alkanes of at least 4 members (excludes halogenated alkanes) is 6. The van der Waals surface area contributed by atoms with E-state index in [-0.39, 0.29) is 6.29 Å². The largest absolute Gasteiger partial charge is 0.365 e. The summed E-state index contributed by atoms with van der Waals surface area (Å²) in [7, 11) is 3.56. The molecule has 1 heterocycles. The molecule has 1 aliphatic heterocycles. The van der Waals surface area contributed by atoms with Crippen LogP contribution in [0.3, 0.4) is 0 Å². The third-order valence-corrected chi connectivity index (χ3v) is 5.54. The summed E-state index contributed by atoms with van der Waals surface area (Å²) in [6, 6.07) is 0. The van der Waals surface area contributed by atoms with E-state index in [9.17, 15) is 0 Å². The van der Waals surface area contributed by atoms with Crippen molar-refractivity contribution in [2.24, 2.45) is 5.92 Å². The fourth-order valence-electron chi connectivity index (χ4n) is 3.91. The lowest BCUT2D eigenvalue weighted by atomic mass is 9.94. The Morgan fingerprint density at radius 2 is 1.54 bits per heavy atom. The van der Waals surface area contributed by atoms with Crippen molar-refractivity contribution in [2.45, 2.75) is 84.3 Å². The van der Waals surface area contributed by atoms with Gasteiger partial charge in [0.05, 0.1) is 6.67 Å². The zero-order valence-electron chi connectivity index (χ0n) is 17.9. The van der Waals surface area contributed by atoms with Crippen LogP contribution in [0, 0.1) is 5.92 Å². The highest BCUT2D eigenvalue weighted by atomic mass is 16.7. The van der Waals surface area contributed by atoms with Gasteiger partial charge in [-0.15, -0.1) is 0 Å². The van der Waals surface area contributed by atoms with E-state index in [1.807, 2.05) is 0 Å². The standard InChI is InChI=1S/C22H44N2O2/c1-5-7-8-9-10-11-12-15-21(22(25-3)26-4)16-13-17-24-19-14-18-23(6-2)20-24/h14,18,21-22H,5-13,15-17,19-20H2,1-4H3. The molecular formula is C22H44N2O2. The first kappa shape index (κ1) is 23.5. The first-order valence-electron chi connectivity index (χ1n) is 10.9. The van der Waals surface area contributed by atoms with Crippen molar-refractivity contribution in [1.82, 2.24) is 9.80 Å². The van der Waals surface area contributed by atoms with Crippen LogP contribution in [-0.2, 0) is 9.47 Å². The molecule has 4 nitrogen and oxygen atoms in total. The molecule has 154 valence electrons. The maximum Gasteiger partial charge on any atom is 0.159 e. The summed E-state index contributed by atoms with van der Waals surface area (Å²) in [6.07, 6.45) is 17.6. The van der Waals surface area contributed by atoms with Crippen molar-refractivity contribution in [3.05, 3.63) is 12.3 Å². The fourth-order valence-corrected chi connectivity index (χ4v) is 3.91. The van der Waals surface area contributed by atoms with Crippen LogP contribution in [-0.4, -0.2) is 56.6 Å². The predicted octanol–water partition coefficient (Wildman–Crippen LogP) is 5.25. The molecule has 0 bridgehead atoms. The van der Waals surface area contributed by atoms with Gasteiger partial charge in [0.2, 0.25) is 0 Å². The lowest BCUT2D eigenvalue weighted by Crippen LogP contribution is -2.39. The van der Waals surface area contributed by atoms with Gasteiger partial charge >= 0.3 is 0 Å². The summed E-state index contributed by atoms with van der Waals surface area (Å²) in [4.78, 5) is 4.90. The zero-order chi connectivity index (χ0) is 19.0. The monoisotopic (exact) mass is 368 g/mol. The van der Waals surface area contributed by atoms with Gasteiger partial charge in [0, 0.05) is 39.8 Å². The van der Waals surface area contributed by atoms with E-state index in [0.29, 0.717) is 5.92 Å². The minimum absolute atomic E-state index is 0.0523. The summed E-state index contributed by atoms with van der Waals surface area (Å²) in [6.45, 7) is 8.89. The van der Waals surface area contributed by atoms with E-state index in [1.54, 1.807) is 14.2 Å². The molecule has 26 heavy (non-hydrogen) atoms. The van der Waals surface area contributed by atoms with Crippen molar-refractivity contribution >= 4 is 0 Å². The molecule has 0 aromatic heterocycles. The van der Waals surface area contributed by atoms with Gasteiger partial charge in [-0.05, 0) is 32.4 Å². The molecule has 0 amide bonds. The molecule has 1 unspecified atom stereocenters. The lowest BCUT2D eigenvalue weighted by Gasteiger charge is -2.32. The first-order chi connectivity index (χ1) is 12.7. The normalized spacial score (nSPS) is 16.6. The molecule has 0 aromatic carbocycles. The quantitative estimate of drug-likeness (QED) is 0.274. The van der Waals surface area contributed by atoms with Crippen LogP contribution >= 0.6 is 0 Å². The smallest absolute Gasteiger partial charge is 0.159 e. The van der Waals surface area contributed by atoms with Gasteiger partial charge in [-0.1, -0.05) is 57.9 Å². The molecule has 0 radical (unpaired) electrons. The summed E-state index contributed by atoms with van der Waals surface area (Å²) in [5.74, 6) is 0.517. The second kappa shape index (κ2) is 15.5. The third-order valence-electron chi connectivity index (χ3n) is 5.54. The number of hydrogen-bond acceptors (Lipinski definition) is 4. The Kier molecular flexibility index (Phi) is 14.0. The van der Waals surface area contributed by atoms with Crippen molar-refractivity contribution in [3.63, 3.8) is 0 Å². The van der Waals surface area contributed by atoms with Crippen LogP contribution in [0.5, 0.6) is 0 Å². The van der Waals surface area contributed by atoms with Gasteiger partial charge in [0.1, 0.15) is 0 Å². The Morgan fingerprint density at radius 3 is 2.19 bits per heavy atom. The highest BCUT2D eigenvalue weighted by Gasteiger charge is 2.21. The molecule has 0 saturated heterocycles. The number of rotatable bonds is 16. The van der Waals surface area contributed by atoms with E-state index < -0.39 is 0 Å². The zero-order valence-corrected chi connectivity index (χ0v) is 17.9. The summed E-state index contributed by atoms with van der Waals surface area (Å²) in [5, 5.41) is 0. The van der Waals surface area contributed by atoms with Gasteiger partial charge in [-0.3, -0.25) is 4.90 Å². The van der Waals surface area contributed by atoms with Crippen molar-refractivity contribution in [2.75, 3.05) is 40.5 Å². The van der Waals surface area contributed by atoms with Crippen LogP contribution in [0.2, 0.25) is 0 Å². The Labute approximate surface area is 162 Å². The molecule has 1 aliphatic rings. The Bertz CT molecular complexity index is 345. The fraction of sp³-hybridized carbons (Fsp3) is 0.909. The van der Waals surface area contributed by atoms with Crippen LogP contribution in [0.15, 0.2) is 12.3 Å². The lowest BCUT2D eigenvalue weighted by molar-refractivity contribution is -0.141. The average Bonchev–Trinajstić information content (AvgIpc) is 2.67. The molecule has 1 atom stereocenters. The van der Waals surface area contributed by atoms with E-state index >= 15 is 0 Å². The summed E-state index contributed by atoms with van der Waals surface area (Å²) in [5.41, 5.74) is 0. The second-order valence-corrected chi connectivity index (χ2v) is 7.66. The number of hydrogen-bond donors (Lipinski definition) is 0. The molecule has 4 heteroatoms. The number of nitrogens with zero attached hydrogens (tertiary/aromatic N) is 2. The molecule has 1 rings (SSSR count). The minimum atomic E-state index is -0.0523. The van der Waals surface area contributed by atoms with Gasteiger partial charge in [0.15, 0.2) is 6.29 Å². The summed E-state index contributed by atoms with van der Waals surface area (Å²) >= 11 is 0. The summed E-state index contributed by atoms with van der Waals surface area (Å²) < 4.78 is 11.2. The van der Waals surface area contributed by atoms with Crippen LogP contribution in [0.25, 0.3) is 0 Å². The van der Waals surface area contributed by atoms with Crippen LogP contribution < -0.4 is 0 Å². The van der Waals surface area contributed by atoms with Crippen molar-refractivity contribution in [1.29, 1.82) is 0 Å². The van der Waals surface area contributed by atoms with Gasteiger partial charge in [0.25, 0.3) is 0 Å². The minimum Gasteiger partial charge on any atom is -0.365 e. The molecule has 0 aromatic rings. The van der Waals surface area contributed by atoms with E-state index in [4.69, 9.17) is 9.47 Å². The second-order valence-electron chi connectivity index (χ2n) is 7.66. The molecule has 0 spiro atoms. The van der Waals surface area contributed by atoms with Crippen molar-refractivity contribution in [3.8, 4) is 0 Å². The molecular weight excluding hydrogens is 324 g/mol. The SMILES string of the molecule is CCCCCCCCCC(CCCN1CC=CN(CC)C1)C(OC)OC. The molecule has 0 N–H and O–H groups in total. The maximum atomic E-state index is 5.59. The van der Waals surface area contributed by atoms with E-state index in [0.717, 1.165) is 26.3 Å². The van der Waals surface area contributed by atoms with E-state index in [2.05, 4.69) is 35.9 Å². The highest BCUT2D eigenvalue weighted by Crippen LogP contribution is 2.23. The van der Waals surface area contributed by atoms with Crippen molar-refractivity contribution < 1.29 is 9.47 Å². The predicted molar refractivity (Wildman–Crippen MR) is 111 cm³/mol. The third kappa shape index (κ3) is 9.94. The van der Waals surface area contributed by atoms with E-state index in [1.165, 1.54) is 64.2 Å². The molecule has 0 saturated carbocycles. The topological polar surface area (TPSA) is 24.9 Å². The number of methoxy groups -OCH3 is 2. The average molecular weight is 369 g/mol. The first-order valence-corrected chi connectivity index (χ1v) is 10.9. The maximum absolute atomic E-state index is 5.59. The van der Waals surface area contributed by atoms with Crippen LogP contribution in [0.1, 0.15) is 78.1 Å². The van der Waals surface area contributed by atoms with Gasteiger partial charge in [-0.25, -0.2) is 0 Å². The number of ether oxygens (including phenoxy) is 2. The van der Waals surface area contributed by atoms with Gasteiger partial charge < -0.3 is 14.4 Å². The highest BCUT2D eigenvalue weighted by molar-refractivity contribution is 4.89.